The van der Waals surface area contributed by atoms with Crippen LogP contribution in [-0.4, -0.2) is 42.3 Å². The van der Waals surface area contributed by atoms with E-state index in [0.29, 0.717) is 23.1 Å². The van der Waals surface area contributed by atoms with E-state index in [1.54, 1.807) is 32.4 Å². The van der Waals surface area contributed by atoms with Crippen molar-refractivity contribution in [2.75, 3.05) is 20.6 Å². The van der Waals surface area contributed by atoms with Crippen LogP contribution in [0.25, 0.3) is 0 Å². The van der Waals surface area contributed by atoms with Crippen molar-refractivity contribution in [3.63, 3.8) is 0 Å². The molecule has 1 aromatic rings. The molecule has 0 bridgehead atoms. The zero-order valence-electron chi connectivity index (χ0n) is 9.74. The molecule has 5 nitrogen and oxygen atoms in total. The zero-order chi connectivity index (χ0) is 12.8. The lowest BCUT2D eigenvalue weighted by atomic mass is 10.2. The Morgan fingerprint density at radius 2 is 2.18 bits per heavy atom. The second kappa shape index (κ2) is 6.34. The summed E-state index contributed by atoms with van der Waals surface area (Å²) in [7, 11) is 3.37. The van der Waals surface area contributed by atoms with E-state index in [-0.39, 0.29) is 11.8 Å². The van der Waals surface area contributed by atoms with Crippen molar-refractivity contribution in [2.45, 2.75) is 6.42 Å². The highest BCUT2D eigenvalue weighted by Gasteiger charge is 2.08. The summed E-state index contributed by atoms with van der Waals surface area (Å²) in [6.45, 7) is 0.329. The Hall–Kier alpha value is -1.43. The fraction of sp³-hybridized carbons (Fsp3) is 0.364. The average Bonchev–Trinajstić information content (AvgIpc) is 2.28. The number of rotatable bonds is 4. The monoisotopic (exact) mass is 299 g/mol. The van der Waals surface area contributed by atoms with Crippen LogP contribution >= 0.6 is 15.9 Å². The predicted octanol–water partition coefficient (Wildman–Crippen LogP) is 1.05. The first-order valence-electron chi connectivity index (χ1n) is 5.10. The molecule has 0 aliphatic heterocycles. The van der Waals surface area contributed by atoms with Gasteiger partial charge in [-0.3, -0.25) is 9.59 Å². The number of nitrogens with one attached hydrogen (secondary N) is 1. The minimum atomic E-state index is -0.209. The summed E-state index contributed by atoms with van der Waals surface area (Å²) in [6.07, 6.45) is 1.84. The van der Waals surface area contributed by atoms with E-state index >= 15 is 0 Å². The van der Waals surface area contributed by atoms with E-state index in [1.165, 1.54) is 4.90 Å². The van der Waals surface area contributed by atoms with Crippen LogP contribution in [0.2, 0.25) is 0 Å². The summed E-state index contributed by atoms with van der Waals surface area (Å²) in [4.78, 5) is 28.4. The number of pyridine rings is 1. The van der Waals surface area contributed by atoms with Crippen LogP contribution in [0.4, 0.5) is 0 Å². The Balaban J connectivity index is 2.43. The second-order valence-electron chi connectivity index (χ2n) is 3.66. The van der Waals surface area contributed by atoms with Gasteiger partial charge in [-0.15, -0.1) is 0 Å². The molecule has 0 fully saturated rings. The van der Waals surface area contributed by atoms with Gasteiger partial charge in [-0.05, 0) is 28.1 Å². The number of hydrogen-bond acceptors (Lipinski definition) is 3. The highest BCUT2D eigenvalue weighted by molar-refractivity contribution is 9.10. The van der Waals surface area contributed by atoms with Gasteiger partial charge in [-0.2, -0.15) is 0 Å². The Morgan fingerprint density at radius 3 is 2.76 bits per heavy atom. The van der Waals surface area contributed by atoms with Gasteiger partial charge in [0, 0.05) is 38.8 Å². The average molecular weight is 300 g/mol. The topological polar surface area (TPSA) is 62.3 Å². The number of hydrogen-bond donors (Lipinski definition) is 1. The van der Waals surface area contributed by atoms with Gasteiger partial charge in [0.1, 0.15) is 4.60 Å². The van der Waals surface area contributed by atoms with Crippen molar-refractivity contribution in [2.24, 2.45) is 0 Å². The summed E-state index contributed by atoms with van der Waals surface area (Å²) < 4.78 is 0.606. The molecule has 0 aliphatic rings. The maximum Gasteiger partial charge on any atom is 0.251 e. The molecule has 2 amide bonds. The molecule has 0 unspecified atom stereocenters. The molecular weight excluding hydrogens is 286 g/mol. The Morgan fingerprint density at radius 1 is 1.47 bits per heavy atom. The lowest BCUT2D eigenvalue weighted by molar-refractivity contribution is -0.128. The first kappa shape index (κ1) is 13.6. The molecule has 0 aromatic carbocycles. The highest BCUT2D eigenvalue weighted by atomic mass is 79.9. The van der Waals surface area contributed by atoms with Crippen molar-refractivity contribution in [1.82, 2.24) is 15.2 Å². The highest BCUT2D eigenvalue weighted by Crippen LogP contribution is 2.07. The third-order valence-corrected chi connectivity index (χ3v) is 2.55. The number of amides is 2. The van der Waals surface area contributed by atoms with Crippen LogP contribution in [0.1, 0.15) is 16.8 Å². The SMILES string of the molecule is CN(C)C(=O)CCNC(=O)c1ccnc(Br)c1. The maximum atomic E-state index is 11.7. The second-order valence-corrected chi connectivity index (χ2v) is 4.47. The van der Waals surface area contributed by atoms with E-state index in [4.69, 9.17) is 0 Å². The Labute approximate surface area is 108 Å². The van der Waals surface area contributed by atoms with Crippen LogP contribution < -0.4 is 5.32 Å². The van der Waals surface area contributed by atoms with Crippen LogP contribution in [0.5, 0.6) is 0 Å². The molecule has 0 saturated heterocycles. The smallest absolute Gasteiger partial charge is 0.251 e. The summed E-state index contributed by atoms with van der Waals surface area (Å²) in [5.41, 5.74) is 0.518. The third-order valence-electron chi connectivity index (χ3n) is 2.11. The van der Waals surface area contributed by atoms with Crippen LogP contribution in [-0.2, 0) is 4.79 Å². The molecule has 6 heteroatoms. The summed E-state index contributed by atoms with van der Waals surface area (Å²) in [6, 6.07) is 3.25. The van der Waals surface area contributed by atoms with E-state index in [2.05, 4.69) is 26.2 Å². The molecule has 92 valence electrons. The predicted molar refractivity (Wildman–Crippen MR) is 67.6 cm³/mol. The van der Waals surface area contributed by atoms with Gasteiger partial charge < -0.3 is 10.2 Å². The molecule has 0 saturated carbocycles. The summed E-state index contributed by atoms with van der Waals surface area (Å²) in [5.74, 6) is -0.221. The van der Waals surface area contributed by atoms with Gasteiger partial charge >= 0.3 is 0 Å². The molecule has 17 heavy (non-hydrogen) atoms. The van der Waals surface area contributed by atoms with Crippen LogP contribution in [0.3, 0.4) is 0 Å². The molecule has 1 N–H and O–H groups in total. The number of carbonyl (C=O) groups excluding carboxylic acids is 2. The minimum Gasteiger partial charge on any atom is -0.352 e. The summed E-state index contributed by atoms with van der Waals surface area (Å²) in [5, 5.41) is 2.68. The molecule has 1 heterocycles. The molecule has 0 spiro atoms. The Kier molecular flexibility index (Phi) is 5.09. The number of carbonyl (C=O) groups is 2. The van der Waals surface area contributed by atoms with Gasteiger partial charge in [0.2, 0.25) is 5.91 Å². The number of halogens is 1. The summed E-state index contributed by atoms with van der Waals surface area (Å²) >= 11 is 3.19. The Bertz CT molecular complexity index is 421. The fourth-order valence-electron chi connectivity index (χ4n) is 1.15. The maximum absolute atomic E-state index is 11.7. The largest absolute Gasteiger partial charge is 0.352 e. The fourth-order valence-corrected chi connectivity index (χ4v) is 1.52. The van der Waals surface area contributed by atoms with Gasteiger partial charge in [0.15, 0.2) is 0 Å². The molecule has 0 atom stereocenters. The molecule has 1 aromatic heterocycles. The van der Waals surface area contributed by atoms with Crippen molar-refractivity contribution in [3.8, 4) is 0 Å². The number of aromatic nitrogens is 1. The molecule has 0 radical (unpaired) electrons. The van der Waals surface area contributed by atoms with Crippen LogP contribution in [0, 0.1) is 0 Å². The standard InChI is InChI=1S/C11H14BrN3O2/c1-15(2)10(16)4-6-14-11(17)8-3-5-13-9(12)7-8/h3,5,7H,4,6H2,1-2H3,(H,14,17). The van der Waals surface area contributed by atoms with Crippen molar-refractivity contribution in [1.29, 1.82) is 0 Å². The normalized spacial score (nSPS) is 9.82. The van der Waals surface area contributed by atoms with Crippen LogP contribution in [0.15, 0.2) is 22.9 Å². The van der Waals surface area contributed by atoms with Gasteiger partial charge in [0.25, 0.3) is 5.91 Å². The molecule has 1 rings (SSSR count). The first-order chi connectivity index (χ1) is 8.00. The quantitative estimate of drug-likeness (QED) is 0.846. The van der Waals surface area contributed by atoms with E-state index in [1.807, 2.05) is 0 Å². The number of nitrogens with zero attached hydrogens (tertiary/aromatic N) is 2. The first-order valence-corrected chi connectivity index (χ1v) is 5.90. The van der Waals surface area contributed by atoms with E-state index < -0.39 is 0 Å². The van der Waals surface area contributed by atoms with E-state index in [0.717, 1.165) is 0 Å². The third kappa shape index (κ3) is 4.52. The van der Waals surface area contributed by atoms with Crippen molar-refractivity contribution >= 4 is 27.7 Å². The molecular formula is C11H14BrN3O2. The van der Waals surface area contributed by atoms with Gasteiger partial charge in [-0.25, -0.2) is 4.98 Å². The zero-order valence-corrected chi connectivity index (χ0v) is 11.3. The van der Waals surface area contributed by atoms with Gasteiger partial charge in [-0.1, -0.05) is 0 Å². The van der Waals surface area contributed by atoms with Crippen molar-refractivity contribution < 1.29 is 9.59 Å². The van der Waals surface area contributed by atoms with Crippen molar-refractivity contribution in [3.05, 3.63) is 28.5 Å². The lowest BCUT2D eigenvalue weighted by Crippen LogP contribution is -2.30. The minimum absolute atomic E-state index is 0.0128. The van der Waals surface area contributed by atoms with E-state index in [9.17, 15) is 9.59 Å². The van der Waals surface area contributed by atoms with Gasteiger partial charge in [0.05, 0.1) is 0 Å². The lowest BCUT2D eigenvalue weighted by Gasteiger charge is -2.10. The molecule has 0 aliphatic carbocycles.